The van der Waals surface area contributed by atoms with Gasteiger partial charge in [0.05, 0.1) is 11.3 Å². The number of ether oxygens (including phenoxy) is 1. The molecule has 1 fully saturated rings. The van der Waals surface area contributed by atoms with Gasteiger partial charge in [-0.25, -0.2) is 14.5 Å². The standard InChI is InChI=1S/C32H28F3N7O2S/c1-20-5-4-6-21(2)28(20)42-22(3)15-16-45-31(42)39-30(43)37-18-25(17-36)23-7-9-24(10-8-23)29-38-19-41(40-29)26-11-13-27(14-12-26)44-32(33,34)35/h4-14,18-19,22H,15-16H2,1-3H3,(H,37,43)/b25-18+,39-31?. The molecule has 0 bridgehead atoms. The number of urea groups is 1. The monoisotopic (exact) mass is 631 g/mol. The van der Waals surface area contributed by atoms with Crippen molar-refractivity contribution in [3.63, 3.8) is 0 Å². The van der Waals surface area contributed by atoms with Crippen LogP contribution in [0.1, 0.15) is 30.0 Å². The molecule has 0 aliphatic carbocycles. The summed E-state index contributed by atoms with van der Waals surface area (Å²) in [5.41, 5.74) is 5.18. The van der Waals surface area contributed by atoms with E-state index in [-0.39, 0.29) is 17.4 Å². The van der Waals surface area contributed by atoms with Gasteiger partial charge in [-0.2, -0.15) is 10.3 Å². The van der Waals surface area contributed by atoms with Crippen molar-refractivity contribution < 1.29 is 22.7 Å². The van der Waals surface area contributed by atoms with Gasteiger partial charge < -0.3 is 15.0 Å². The molecule has 13 heteroatoms. The van der Waals surface area contributed by atoms with Gasteiger partial charge in [0.1, 0.15) is 18.1 Å². The molecule has 1 atom stereocenters. The average molecular weight is 632 g/mol. The molecule has 1 aliphatic rings. The highest BCUT2D eigenvalue weighted by atomic mass is 32.2. The Hall–Kier alpha value is -5.09. The number of thioether (sulfide) groups is 1. The Morgan fingerprint density at radius 2 is 1.80 bits per heavy atom. The first-order valence-corrected chi connectivity index (χ1v) is 14.9. The van der Waals surface area contributed by atoms with Crippen LogP contribution in [0, 0.1) is 25.2 Å². The van der Waals surface area contributed by atoms with Gasteiger partial charge >= 0.3 is 12.4 Å². The number of alkyl halides is 3. The molecule has 45 heavy (non-hydrogen) atoms. The number of allylic oxidation sites excluding steroid dienone is 1. The number of anilines is 1. The van der Waals surface area contributed by atoms with Crippen LogP contribution in [0.4, 0.5) is 23.7 Å². The zero-order valence-corrected chi connectivity index (χ0v) is 25.4. The zero-order chi connectivity index (χ0) is 32.1. The van der Waals surface area contributed by atoms with E-state index in [4.69, 9.17) is 0 Å². The van der Waals surface area contributed by atoms with Gasteiger partial charge in [-0.15, -0.1) is 18.3 Å². The fourth-order valence-corrected chi connectivity index (χ4v) is 6.05. The molecule has 2 amide bonds. The molecule has 1 N–H and O–H groups in total. The number of benzene rings is 3. The number of amides is 2. The van der Waals surface area contributed by atoms with Gasteiger partial charge in [-0.3, -0.25) is 0 Å². The molecule has 230 valence electrons. The molecule has 1 saturated heterocycles. The Bertz CT molecular complexity index is 1770. The molecule has 0 radical (unpaired) electrons. The van der Waals surface area contributed by atoms with Crippen molar-refractivity contribution in [3.8, 4) is 28.9 Å². The maximum absolute atomic E-state index is 12.9. The second kappa shape index (κ2) is 13.3. The number of aromatic nitrogens is 3. The van der Waals surface area contributed by atoms with Crippen LogP contribution in [0.25, 0.3) is 22.6 Å². The number of halogens is 3. The van der Waals surface area contributed by atoms with Gasteiger partial charge in [0.25, 0.3) is 0 Å². The number of nitrogens with one attached hydrogen (secondary N) is 1. The number of aryl methyl sites for hydroxylation is 2. The summed E-state index contributed by atoms with van der Waals surface area (Å²) < 4.78 is 42.6. The van der Waals surface area contributed by atoms with Crippen molar-refractivity contribution >= 4 is 34.2 Å². The van der Waals surface area contributed by atoms with Crippen LogP contribution in [0.5, 0.6) is 5.75 Å². The highest BCUT2D eigenvalue weighted by Crippen LogP contribution is 2.34. The number of amidine groups is 1. The number of hydrogen-bond donors (Lipinski definition) is 1. The Morgan fingerprint density at radius 3 is 2.44 bits per heavy atom. The van der Waals surface area contributed by atoms with Crippen LogP contribution < -0.4 is 15.0 Å². The number of nitrogens with zero attached hydrogens (tertiary/aromatic N) is 6. The molecule has 9 nitrogen and oxygen atoms in total. The minimum atomic E-state index is -4.77. The van der Waals surface area contributed by atoms with Gasteiger partial charge in [0.2, 0.25) is 0 Å². The van der Waals surface area contributed by atoms with Crippen LogP contribution in [0.2, 0.25) is 0 Å². The van der Waals surface area contributed by atoms with Crippen LogP contribution in [0.3, 0.4) is 0 Å². The summed E-state index contributed by atoms with van der Waals surface area (Å²) in [6, 6.07) is 19.9. The van der Waals surface area contributed by atoms with Crippen LogP contribution in [-0.2, 0) is 0 Å². The number of nitriles is 1. The Morgan fingerprint density at radius 1 is 1.11 bits per heavy atom. The molecule has 0 saturated carbocycles. The quantitative estimate of drug-likeness (QED) is 0.221. The summed E-state index contributed by atoms with van der Waals surface area (Å²) in [6.45, 7) is 6.20. The molecular formula is C32H28F3N7O2S. The summed E-state index contributed by atoms with van der Waals surface area (Å²) >= 11 is 1.52. The molecule has 5 rings (SSSR count). The van der Waals surface area contributed by atoms with Crippen molar-refractivity contribution in [2.75, 3.05) is 10.7 Å². The lowest BCUT2D eigenvalue weighted by Crippen LogP contribution is -2.42. The third kappa shape index (κ3) is 7.53. The van der Waals surface area contributed by atoms with E-state index in [1.165, 1.54) is 53.2 Å². The van der Waals surface area contributed by atoms with Crippen molar-refractivity contribution in [1.29, 1.82) is 5.26 Å². The van der Waals surface area contributed by atoms with E-state index in [2.05, 4.69) is 43.0 Å². The van der Waals surface area contributed by atoms with Crippen molar-refractivity contribution in [2.24, 2.45) is 4.99 Å². The number of hydrogen-bond acceptors (Lipinski definition) is 6. The third-order valence-corrected chi connectivity index (χ3v) is 8.02. The van der Waals surface area contributed by atoms with Crippen LogP contribution >= 0.6 is 11.8 Å². The topological polar surface area (TPSA) is 108 Å². The van der Waals surface area contributed by atoms with Gasteiger partial charge in [-0.1, -0.05) is 54.2 Å². The fourth-order valence-electron chi connectivity index (χ4n) is 4.85. The van der Waals surface area contributed by atoms with Crippen molar-refractivity contribution in [3.05, 3.63) is 95.9 Å². The van der Waals surface area contributed by atoms with E-state index < -0.39 is 12.4 Å². The second-order valence-electron chi connectivity index (χ2n) is 10.2. The summed E-state index contributed by atoms with van der Waals surface area (Å²) in [7, 11) is 0. The average Bonchev–Trinajstić information content (AvgIpc) is 3.49. The zero-order valence-electron chi connectivity index (χ0n) is 24.5. The van der Waals surface area contributed by atoms with E-state index in [0.29, 0.717) is 27.8 Å². The number of carbonyl (C=O) groups is 1. The highest BCUT2D eigenvalue weighted by molar-refractivity contribution is 8.14. The maximum atomic E-state index is 12.9. The predicted molar refractivity (Wildman–Crippen MR) is 168 cm³/mol. The lowest BCUT2D eigenvalue weighted by Gasteiger charge is -2.37. The smallest absolute Gasteiger partial charge is 0.406 e. The molecule has 4 aromatic rings. The summed E-state index contributed by atoms with van der Waals surface area (Å²) in [4.78, 5) is 23.6. The summed E-state index contributed by atoms with van der Waals surface area (Å²) in [5.74, 6) is 0.877. The Balaban J connectivity index is 1.28. The van der Waals surface area contributed by atoms with Gasteiger partial charge in [-0.05, 0) is 68.1 Å². The maximum Gasteiger partial charge on any atom is 0.573 e. The Kier molecular flexibility index (Phi) is 9.24. The highest BCUT2D eigenvalue weighted by Gasteiger charge is 2.31. The van der Waals surface area contributed by atoms with Crippen LogP contribution in [0.15, 0.2) is 84.2 Å². The minimum Gasteiger partial charge on any atom is -0.406 e. The van der Waals surface area contributed by atoms with Crippen molar-refractivity contribution in [1.82, 2.24) is 20.1 Å². The number of rotatable bonds is 6. The predicted octanol–water partition coefficient (Wildman–Crippen LogP) is 7.41. The number of carbonyl (C=O) groups excluding carboxylic acids is 1. The van der Waals surface area contributed by atoms with E-state index >= 15 is 0 Å². The molecular weight excluding hydrogens is 603 g/mol. The van der Waals surface area contributed by atoms with E-state index in [0.717, 1.165) is 29.0 Å². The summed E-state index contributed by atoms with van der Waals surface area (Å²) in [6.07, 6.45) is -1.05. The molecule has 1 aliphatic heterocycles. The number of para-hydroxylation sites is 1. The van der Waals surface area contributed by atoms with E-state index in [1.807, 2.05) is 32.0 Å². The minimum absolute atomic E-state index is 0.167. The summed E-state index contributed by atoms with van der Waals surface area (Å²) in [5, 5.41) is 17.4. The van der Waals surface area contributed by atoms with Gasteiger partial charge in [0.15, 0.2) is 11.0 Å². The largest absolute Gasteiger partial charge is 0.573 e. The first-order valence-electron chi connectivity index (χ1n) is 13.9. The third-order valence-electron chi connectivity index (χ3n) is 7.03. The van der Waals surface area contributed by atoms with Crippen LogP contribution in [-0.4, -0.2) is 44.1 Å². The fraction of sp³-hybridized carbons (Fsp3) is 0.219. The second-order valence-corrected chi connectivity index (χ2v) is 11.3. The SMILES string of the molecule is Cc1cccc(C)c1N1C(=NC(=O)N/C=C(\C#N)c2ccc(-c3ncn(-c4ccc(OC(F)(F)F)cc4)n3)cc2)SCCC1C. The lowest BCUT2D eigenvalue weighted by atomic mass is 10.1. The molecule has 0 spiro atoms. The van der Waals surface area contributed by atoms with Gasteiger partial charge in [0, 0.05) is 29.2 Å². The first kappa shape index (κ1) is 31.3. The normalized spacial score (nSPS) is 16.4. The van der Waals surface area contributed by atoms with Crippen molar-refractivity contribution in [2.45, 2.75) is 39.6 Å². The Labute approximate surface area is 262 Å². The molecule has 1 aromatic heterocycles. The van der Waals surface area contributed by atoms with E-state index in [9.17, 15) is 23.2 Å². The number of aliphatic imine (C=N–C) groups is 1. The molecule has 2 heterocycles. The molecule has 3 aromatic carbocycles. The van der Waals surface area contributed by atoms with E-state index in [1.54, 1.807) is 24.3 Å². The molecule has 1 unspecified atom stereocenters. The lowest BCUT2D eigenvalue weighted by molar-refractivity contribution is -0.274. The first-order chi connectivity index (χ1) is 21.5.